The molecular weight excluding hydrogens is 454 g/mol. The Morgan fingerprint density at radius 3 is 2.30 bits per heavy atom. The van der Waals surface area contributed by atoms with Gasteiger partial charge in [0.2, 0.25) is 0 Å². The number of benzene rings is 1. The molecule has 1 aromatic carbocycles. The lowest BCUT2D eigenvalue weighted by Crippen LogP contribution is -2.49. The number of rotatable bonds is 3. The molecular formula is C23H27ClF2N4O3. The maximum Gasteiger partial charge on any atom is 0.410 e. The van der Waals surface area contributed by atoms with E-state index in [0.29, 0.717) is 31.6 Å². The highest BCUT2D eigenvalue weighted by Gasteiger charge is 2.30. The molecule has 2 aromatic rings. The smallest absolute Gasteiger partial charge is 0.410 e. The molecule has 0 unspecified atom stereocenters. The molecule has 1 saturated heterocycles. The number of pyridine rings is 1. The van der Waals surface area contributed by atoms with Crippen molar-refractivity contribution in [2.45, 2.75) is 45.3 Å². The summed E-state index contributed by atoms with van der Waals surface area (Å²) in [5, 5.41) is 2.88. The van der Waals surface area contributed by atoms with Crippen LogP contribution in [0.4, 0.5) is 24.1 Å². The van der Waals surface area contributed by atoms with Crippen LogP contribution in [0.15, 0.2) is 30.5 Å². The van der Waals surface area contributed by atoms with Crippen molar-refractivity contribution in [3.8, 4) is 11.3 Å². The summed E-state index contributed by atoms with van der Waals surface area (Å²) in [7, 11) is 1.68. The second kappa shape index (κ2) is 9.91. The molecule has 178 valence electrons. The molecule has 2 heterocycles. The predicted molar refractivity (Wildman–Crippen MR) is 122 cm³/mol. The fourth-order valence-corrected chi connectivity index (χ4v) is 3.82. The molecule has 3 rings (SSSR count). The van der Waals surface area contributed by atoms with Crippen molar-refractivity contribution in [2.24, 2.45) is 0 Å². The van der Waals surface area contributed by atoms with Crippen LogP contribution in [0.5, 0.6) is 0 Å². The first-order valence-electron chi connectivity index (χ1n) is 10.6. The number of urea groups is 1. The minimum absolute atomic E-state index is 0.0540. The molecule has 33 heavy (non-hydrogen) atoms. The molecule has 3 amide bonds. The van der Waals surface area contributed by atoms with Crippen LogP contribution in [0, 0.1) is 11.6 Å². The molecule has 7 nitrogen and oxygen atoms in total. The molecule has 0 saturated carbocycles. The highest BCUT2D eigenvalue weighted by molar-refractivity contribution is 6.33. The first kappa shape index (κ1) is 24.7. The summed E-state index contributed by atoms with van der Waals surface area (Å²) in [6.07, 6.45) is 2.26. The molecule has 0 radical (unpaired) electrons. The number of carbonyl (C=O) groups is 2. The summed E-state index contributed by atoms with van der Waals surface area (Å²) in [5.41, 5.74) is 0.196. The van der Waals surface area contributed by atoms with Gasteiger partial charge in [-0.3, -0.25) is 4.98 Å². The first-order valence-corrected chi connectivity index (χ1v) is 10.9. The number of nitrogens with one attached hydrogen (secondary N) is 1. The third-order valence-corrected chi connectivity index (χ3v) is 5.50. The van der Waals surface area contributed by atoms with Crippen LogP contribution < -0.4 is 5.32 Å². The number of likely N-dealkylation sites (tertiary alicyclic amines) is 1. The van der Waals surface area contributed by atoms with Crippen molar-refractivity contribution < 1.29 is 23.1 Å². The maximum atomic E-state index is 13.5. The van der Waals surface area contributed by atoms with Crippen LogP contribution in [0.3, 0.4) is 0 Å². The van der Waals surface area contributed by atoms with Gasteiger partial charge in [-0.25, -0.2) is 18.4 Å². The normalized spacial score (nSPS) is 14.7. The number of amides is 3. The average Bonchev–Trinajstić information content (AvgIpc) is 2.71. The minimum atomic E-state index is -0.736. The van der Waals surface area contributed by atoms with E-state index >= 15 is 0 Å². The monoisotopic (exact) mass is 480 g/mol. The van der Waals surface area contributed by atoms with E-state index in [1.807, 2.05) is 20.8 Å². The van der Waals surface area contributed by atoms with E-state index in [2.05, 4.69) is 10.3 Å². The third kappa shape index (κ3) is 6.54. The number of nitrogens with zero attached hydrogens (tertiary/aromatic N) is 3. The van der Waals surface area contributed by atoms with Gasteiger partial charge in [-0.05, 0) is 51.8 Å². The van der Waals surface area contributed by atoms with Crippen molar-refractivity contribution in [1.29, 1.82) is 0 Å². The van der Waals surface area contributed by atoms with Crippen LogP contribution >= 0.6 is 11.6 Å². The highest BCUT2D eigenvalue weighted by atomic mass is 35.5. The van der Waals surface area contributed by atoms with Crippen molar-refractivity contribution in [1.82, 2.24) is 14.8 Å². The van der Waals surface area contributed by atoms with Crippen molar-refractivity contribution in [3.05, 3.63) is 47.1 Å². The van der Waals surface area contributed by atoms with E-state index in [-0.39, 0.29) is 34.4 Å². The maximum absolute atomic E-state index is 13.5. The molecule has 1 aliphatic rings. The number of carbonyl (C=O) groups excluding carboxylic acids is 2. The summed E-state index contributed by atoms with van der Waals surface area (Å²) >= 11 is 6.25. The summed E-state index contributed by atoms with van der Waals surface area (Å²) in [6, 6.07) is 4.10. The van der Waals surface area contributed by atoms with Gasteiger partial charge >= 0.3 is 12.1 Å². The van der Waals surface area contributed by atoms with E-state index < -0.39 is 17.2 Å². The van der Waals surface area contributed by atoms with Gasteiger partial charge in [-0.15, -0.1) is 0 Å². The number of halogens is 3. The second-order valence-electron chi connectivity index (χ2n) is 8.95. The van der Waals surface area contributed by atoms with Crippen molar-refractivity contribution in [3.63, 3.8) is 0 Å². The Labute approximate surface area is 196 Å². The fourth-order valence-electron chi connectivity index (χ4n) is 3.55. The summed E-state index contributed by atoms with van der Waals surface area (Å²) in [4.78, 5) is 32.3. The summed E-state index contributed by atoms with van der Waals surface area (Å²) in [5.74, 6) is -1.47. The Bertz CT molecular complexity index is 1020. The first-order chi connectivity index (χ1) is 15.4. The van der Waals surface area contributed by atoms with Crippen LogP contribution in [0.2, 0.25) is 5.02 Å². The Hall–Kier alpha value is -2.94. The predicted octanol–water partition coefficient (Wildman–Crippen LogP) is 5.54. The molecule has 1 fully saturated rings. The molecule has 1 N–H and O–H groups in total. The zero-order chi connectivity index (χ0) is 24.3. The van der Waals surface area contributed by atoms with Gasteiger partial charge in [0.1, 0.15) is 17.2 Å². The Kier molecular flexibility index (Phi) is 7.41. The zero-order valence-electron chi connectivity index (χ0n) is 19.0. The van der Waals surface area contributed by atoms with E-state index in [1.165, 1.54) is 12.3 Å². The quantitative estimate of drug-likeness (QED) is 0.625. The number of anilines is 1. The molecule has 0 spiro atoms. The molecule has 10 heteroatoms. The zero-order valence-corrected chi connectivity index (χ0v) is 19.7. The number of hydrogen-bond donors (Lipinski definition) is 1. The Morgan fingerprint density at radius 2 is 1.76 bits per heavy atom. The minimum Gasteiger partial charge on any atom is -0.444 e. The summed E-state index contributed by atoms with van der Waals surface area (Å²) < 4.78 is 32.4. The number of aromatic nitrogens is 1. The standard InChI is InChI=1S/C23H27ClF2N4O3/c1-23(2,3)33-22(32)30-7-5-18(6-8-30)29(4)21(31)28-17-12-19(24)20(27-13-17)14-9-15(25)11-16(26)10-14/h9-13,18H,5-8H2,1-4H3,(H,28,31). The molecule has 0 aliphatic carbocycles. The highest BCUT2D eigenvalue weighted by Crippen LogP contribution is 2.29. The van der Waals surface area contributed by atoms with Crippen LogP contribution in [-0.4, -0.2) is 58.7 Å². The van der Waals surface area contributed by atoms with Gasteiger partial charge in [0.25, 0.3) is 0 Å². The van der Waals surface area contributed by atoms with E-state index in [9.17, 15) is 18.4 Å². The van der Waals surface area contributed by atoms with Crippen molar-refractivity contribution >= 4 is 29.4 Å². The van der Waals surface area contributed by atoms with E-state index in [4.69, 9.17) is 16.3 Å². The lowest BCUT2D eigenvalue weighted by Gasteiger charge is -2.37. The SMILES string of the molecule is CN(C(=O)Nc1cnc(-c2cc(F)cc(F)c2)c(Cl)c1)C1CCN(C(=O)OC(C)(C)C)CC1. The van der Waals surface area contributed by atoms with Gasteiger partial charge in [-0.2, -0.15) is 0 Å². The molecule has 1 aromatic heterocycles. The van der Waals surface area contributed by atoms with Gasteiger partial charge in [0, 0.05) is 37.8 Å². The lowest BCUT2D eigenvalue weighted by molar-refractivity contribution is 0.0174. The summed E-state index contributed by atoms with van der Waals surface area (Å²) in [6.45, 7) is 6.44. The molecule has 0 bridgehead atoms. The van der Waals surface area contributed by atoms with Gasteiger partial charge in [0.15, 0.2) is 0 Å². The second-order valence-corrected chi connectivity index (χ2v) is 9.36. The lowest BCUT2D eigenvalue weighted by atomic mass is 10.0. The number of hydrogen-bond acceptors (Lipinski definition) is 4. The number of piperidine rings is 1. The van der Waals surface area contributed by atoms with Crippen LogP contribution in [0.25, 0.3) is 11.3 Å². The number of ether oxygens (including phenoxy) is 1. The van der Waals surface area contributed by atoms with Gasteiger partial charge in [-0.1, -0.05) is 11.6 Å². The van der Waals surface area contributed by atoms with E-state index in [0.717, 1.165) is 18.2 Å². The van der Waals surface area contributed by atoms with E-state index in [1.54, 1.807) is 16.8 Å². The fraction of sp³-hybridized carbons (Fsp3) is 0.435. The third-order valence-electron chi connectivity index (χ3n) is 5.21. The Balaban J connectivity index is 1.59. The van der Waals surface area contributed by atoms with Gasteiger partial charge < -0.3 is 19.9 Å². The van der Waals surface area contributed by atoms with Crippen molar-refractivity contribution in [2.75, 3.05) is 25.5 Å². The Morgan fingerprint density at radius 1 is 1.15 bits per heavy atom. The van der Waals surface area contributed by atoms with Gasteiger partial charge in [0.05, 0.1) is 22.6 Å². The average molecular weight is 481 g/mol. The van der Waals surface area contributed by atoms with Crippen LogP contribution in [0.1, 0.15) is 33.6 Å². The van der Waals surface area contributed by atoms with Crippen LogP contribution in [-0.2, 0) is 4.74 Å². The molecule has 0 atom stereocenters. The largest absolute Gasteiger partial charge is 0.444 e. The topological polar surface area (TPSA) is 74.8 Å². The molecule has 1 aliphatic heterocycles.